The summed E-state index contributed by atoms with van der Waals surface area (Å²) < 4.78 is 5.49. The van der Waals surface area contributed by atoms with Crippen LogP contribution in [0, 0.1) is 5.92 Å². The third kappa shape index (κ3) is 3.29. The zero-order chi connectivity index (χ0) is 17.1. The molecular formula is C20H23NO3. The number of ether oxygens (including phenoxy) is 1. The number of rotatable bonds is 4. The molecule has 0 unspecified atom stereocenters. The zero-order valence-electron chi connectivity index (χ0n) is 14.3. The Labute approximate surface area is 143 Å². The molecular weight excluding hydrogens is 302 g/mol. The van der Waals surface area contributed by atoms with E-state index in [0.29, 0.717) is 0 Å². The number of anilines is 1. The highest BCUT2D eigenvalue weighted by molar-refractivity contribution is 5.76. The molecule has 0 bridgehead atoms. The molecule has 1 heterocycles. The highest BCUT2D eigenvalue weighted by Crippen LogP contribution is 2.42. The topological polar surface area (TPSA) is 38.8 Å². The predicted octanol–water partition coefficient (Wildman–Crippen LogP) is 4.14. The quantitative estimate of drug-likeness (QED) is 0.792. The summed E-state index contributed by atoms with van der Waals surface area (Å²) >= 11 is 0. The molecule has 2 aromatic rings. The molecule has 2 aromatic carbocycles. The molecule has 1 saturated heterocycles. The smallest absolute Gasteiger partial charge is 0.314 e. The molecule has 1 aliphatic rings. The van der Waals surface area contributed by atoms with Crippen LogP contribution in [0.5, 0.6) is 0 Å². The lowest BCUT2D eigenvalue weighted by molar-refractivity contribution is -0.154. The van der Waals surface area contributed by atoms with Crippen LogP contribution in [-0.2, 0) is 14.4 Å². The van der Waals surface area contributed by atoms with Crippen molar-refractivity contribution in [3.63, 3.8) is 0 Å². The van der Waals surface area contributed by atoms with Crippen LogP contribution in [0.15, 0.2) is 60.7 Å². The maximum absolute atomic E-state index is 12.7. The molecule has 0 aliphatic carbocycles. The van der Waals surface area contributed by atoms with E-state index in [1.54, 1.807) is 0 Å². The molecule has 0 radical (unpaired) electrons. The molecule has 3 atom stereocenters. The van der Waals surface area contributed by atoms with Gasteiger partial charge in [-0.2, -0.15) is 0 Å². The Morgan fingerprint density at radius 1 is 1.04 bits per heavy atom. The van der Waals surface area contributed by atoms with Crippen molar-refractivity contribution in [3.05, 3.63) is 66.2 Å². The maximum Gasteiger partial charge on any atom is 0.314 e. The summed E-state index contributed by atoms with van der Waals surface area (Å²) in [5.74, 6) is -0.597. The number of hydrogen-bond donors (Lipinski definition) is 0. The van der Waals surface area contributed by atoms with Crippen LogP contribution in [-0.4, -0.2) is 18.2 Å². The number of para-hydroxylation sites is 1. The van der Waals surface area contributed by atoms with Crippen molar-refractivity contribution in [2.75, 3.05) is 5.06 Å². The summed E-state index contributed by atoms with van der Waals surface area (Å²) in [4.78, 5) is 18.8. The highest BCUT2D eigenvalue weighted by atomic mass is 16.7. The standard InChI is InChI=1S/C20H23NO3/c1-14(2)23-20(22)18-15(3)24-21(17-12-8-5-9-13-17)19(18)16-10-6-4-7-11-16/h4-15,18-19H,1-3H3/t15-,18-,19+/m1/s1. The van der Waals surface area contributed by atoms with Gasteiger partial charge in [-0.05, 0) is 38.5 Å². The first-order valence-corrected chi connectivity index (χ1v) is 8.34. The largest absolute Gasteiger partial charge is 0.463 e. The van der Waals surface area contributed by atoms with Gasteiger partial charge in [0.2, 0.25) is 0 Å². The van der Waals surface area contributed by atoms with Crippen LogP contribution in [0.25, 0.3) is 0 Å². The lowest BCUT2D eigenvalue weighted by atomic mass is 9.90. The first-order chi connectivity index (χ1) is 11.6. The normalized spacial score (nSPS) is 23.5. The number of benzene rings is 2. The molecule has 3 rings (SSSR count). The van der Waals surface area contributed by atoms with Crippen molar-refractivity contribution in [3.8, 4) is 0 Å². The van der Waals surface area contributed by atoms with Gasteiger partial charge in [-0.25, -0.2) is 5.06 Å². The minimum Gasteiger partial charge on any atom is -0.463 e. The summed E-state index contributed by atoms with van der Waals surface area (Å²) in [7, 11) is 0. The molecule has 126 valence electrons. The van der Waals surface area contributed by atoms with Gasteiger partial charge in [0, 0.05) is 0 Å². The third-order valence-electron chi connectivity index (χ3n) is 4.15. The van der Waals surface area contributed by atoms with Crippen LogP contribution in [0.3, 0.4) is 0 Å². The van der Waals surface area contributed by atoms with E-state index in [-0.39, 0.29) is 30.1 Å². The fourth-order valence-electron chi connectivity index (χ4n) is 3.13. The number of carbonyl (C=O) groups excluding carboxylic acids is 1. The monoisotopic (exact) mass is 325 g/mol. The van der Waals surface area contributed by atoms with E-state index in [0.717, 1.165) is 11.3 Å². The maximum atomic E-state index is 12.7. The first kappa shape index (κ1) is 16.5. The van der Waals surface area contributed by atoms with Gasteiger partial charge in [0.05, 0.1) is 23.9 Å². The molecule has 1 aliphatic heterocycles. The molecule has 4 nitrogen and oxygen atoms in total. The van der Waals surface area contributed by atoms with Gasteiger partial charge in [-0.1, -0.05) is 48.5 Å². The number of hydroxylamine groups is 1. The predicted molar refractivity (Wildman–Crippen MR) is 93.4 cm³/mol. The number of nitrogens with zero attached hydrogens (tertiary/aromatic N) is 1. The SMILES string of the molecule is CC(C)OC(=O)[C@@H]1[C@@H](C)ON(c2ccccc2)[C@H]1c1ccccc1. The Morgan fingerprint density at radius 3 is 2.21 bits per heavy atom. The van der Waals surface area contributed by atoms with Crippen molar-refractivity contribution in [2.24, 2.45) is 5.92 Å². The van der Waals surface area contributed by atoms with E-state index >= 15 is 0 Å². The molecule has 0 N–H and O–H groups in total. The minimum atomic E-state index is -0.380. The summed E-state index contributed by atoms with van der Waals surface area (Å²) in [6.07, 6.45) is -0.409. The van der Waals surface area contributed by atoms with E-state index < -0.39 is 0 Å². The van der Waals surface area contributed by atoms with Gasteiger partial charge >= 0.3 is 5.97 Å². The first-order valence-electron chi connectivity index (χ1n) is 8.34. The Kier molecular flexibility index (Phi) is 4.86. The Bertz CT molecular complexity index is 672. The number of esters is 1. The van der Waals surface area contributed by atoms with Crippen molar-refractivity contribution in [2.45, 2.75) is 39.0 Å². The second-order valence-electron chi connectivity index (χ2n) is 6.34. The molecule has 0 aromatic heterocycles. The van der Waals surface area contributed by atoms with E-state index in [2.05, 4.69) is 0 Å². The highest BCUT2D eigenvalue weighted by Gasteiger charge is 2.47. The van der Waals surface area contributed by atoms with Gasteiger partial charge in [-0.15, -0.1) is 0 Å². The molecule has 0 spiro atoms. The minimum absolute atomic E-state index is 0.146. The Balaban J connectivity index is 2.00. The van der Waals surface area contributed by atoms with E-state index in [4.69, 9.17) is 9.57 Å². The number of carbonyl (C=O) groups is 1. The van der Waals surface area contributed by atoms with Crippen molar-refractivity contribution >= 4 is 11.7 Å². The Hall–Kier alpha value is -2.33. The van der Waals surface area contributed by atoms with Crippen LogP contribution in [0.1, 0.15) is 32.4 Å². The average molecular weight is 325 g/mol. The second-order valence-corrected chi connectivity index (χ2v) is 6.34. The molecule has 24 heavy (non-hydrogen) atoms. The van der Waals surface area contributed by atoms with E-state index in [9.17, 15) is 4.79 Å². The van der Waals surface area contributed by atoms with Gasteiger partial charge in [-0.3, -0.25) is 9.63 Å². The lowest BCUT2D eigenvalue weighted by Gasteiger charge is -2.27. The molecule has 1 fully saturated rings. The molecule has 0 amide bonds. The van der Waals surface area contributed by atoms with Crippen molar-refractivity contribution < 1.29 is 14.4 Å². The zero-order valence-corrected chi connectivity index (χ0v) is 14.3. The van der Waals surface area contributed by atoms with Gasteiger partial charge in [0.25, 0.3) is 0 Å². The average Bonchev–Trinajstić information content (AvgIpc) is 2.93. The summed E-state index contributed by atoms with van der Waals surface area (Å²) in [5.41, 5.74) is 1.97. The van der Waals surface area contributed by atoms with Crippen LogP contribution < -0.4 is 5.06 Å². The number of hydrogen-bond acceptors (Lipinski definition) is 4. The Morgan fingerprint density at radius 2 is 1.62 bits per heavy atom. The molecule has 4 heteroatoms. The summed E-state index contributed by atoms with van der Waals surface area (Å²) in [6.45, 7) is 5.65. The lowest BCUT2D eigenvalue weighted by Crippen LogP contribution is -2.32. The second kappa shape index (κ2) is 7.05. The molecule has 0 saturated carbocycles. The van der Waals surface area contributed by atoms with Crippen molar-refractivity contribution in [1.29, 1.82) is 0 Å². The van der Waals surface area contributed by atoms with Gasteiger partial charge < -0.3 is 4.74 Å². The van der Waals surface area contributed by atoms with Crippen LogP contribution in [0.2, 0.25) is 0 Å². The van der Waals surface area contributed by atoms with Crippen LogP contribution in [0.4, 0.5) is 5.69 Å². The van der Waals surface area contributed by atoms with Gasteiger partial charge in [0.15, 0.2) is 0 Å². The van der Waals surface area contributed by atoms with E-state index in [1.807, 2.05) is 86.5 Å². The van der Waals surface area contributed by atoms with Crippen molar-refractivity contribution in [1.82, 2.24) is 0 Å². The summed E-state index contributed by atoms with van der Waals surface area (Å²) in [5, 5.41) is 1.84. The summed E-state index contributed by atoms with van der Waals surface area (Å²) in [6, 6.07) is 19.6. The van der Waals surface area contributed by atoms with E-state index in [1.165, 1.54) is 0 Å². The van der Waals surface area contributed by atoms with Crippen LogP contribution >= 0.6 is 0 Å². The van der Waals surface area contributed by atoms with Gasteiger partial charge in [0.1, 0.15) is 5.92 Å². The fraction of sp³-hybridized carbons (Fsp3) is 0.350. The third-order valence-corrected chi connectivity index (χ3v) is 4.15. The fourth-order valence-corrected chi connectivity index (χ4v) is 3.13.